The Bertz CT molecular complexity index is 541. The summed E-state index contributed by atoms with van der Waals surface area (Å²) in [5.41, 5.74) is 1.32. The molecule has 0 atom stereocenters. The first-order valence-corrected chi connectivity index (χ1v) is 6.84. The van der Waals surface area contributed by atoms with Crippen molar-refractivity contribution in [3.63, 3.8) is 0 Å². The fourth-order valence-corrected chi connectivity index (χ4v) is 2.86. The molecule has 0 aliphatic heterocycles. The lowest BCUT2D eigenvalue weighted by molar-refractivity contribution is -0.122. The van der Waals surface area contributed by atoms with Crippen molar-refractivity contribution in [1.29, 1.82) is 0 Å². The van der Waals surface area contributed by atoms with E-state index in [9.17, 15) is 9.18 Å². The van der Waals surface area contributed by atoms with Crippen molar-refractivity contribution < 1.29 is 9.18 Å². The van der Waals surface area contributed by atoms with Crippen LogP contribution in [0.5, 0.6) is 0 Å². The second-order valence-corrected chi connectivity index (χ2v) is 5.32. The number of ketones is 1. The Morgan fingerprint density at radius 2 is 1.75 bits per heavy atom. The monoisotopic (exact) mass is 270 g/mol. The minimum atomic E-state index is -0.366. The molecule has 1 aromatic rings. The first-order chi connectivity index (χ1) is 9.61. The number of Topliss-reactive ketones (excluding diaryl/α,β-unsaturated/α-hetero) is 1. The van der Waals surface area contributed by atoms with Gasteiger partial charge < -0.3 is 0 Å². The Balaban J connectivity index is 2.27. The van der Waals surface area contributed by atoms with Gasteiger partial charge in [-0.25, -0.2) is 4.39 Å². The summed E-state index contributed by atoms with van der Waals surface area (Å²) in [5, 5.41) is 0. The van der Waals surface area contributed by atoms with Gasteiger partial charge in [0.15, 0.2) is 5.78 Å². The molecule has 104 valence electrons. The Morgan fingerprint density at radius 3 is 2.30 bits per heavy atom. The Labute approximate surface area is 119 Å². The van der Waals surface area contributed by atoms with Crippen LogP contribution in [0, 0.1) is 11.2 Å². The summed E-state index contributed by atoms with van der Waals surface area (Å²) >= 11 is 0. The van der Waals surface area contributed by atoms with Crippen molar-refractivity contribution >= 4 is 11.9 Å². The fourth-order valence-electron chi connectivity index (χ4n) is 2.86. The molecule has 2 rings (SSSR count). The van der Waals surface area contributed by atoms with Crippen LogP contribution in [0.25, 0.3) is 6.08 Å². The fraction of sp³-hybridized carbons (Fsp3) is 0.278. The molecule has 0 aromatic heterocycles. The van der Waals surface area contributed by atoms with Crippen LogP contribution >= 0.6 is 0 Å². The van der Waals surface area contributed by atoms with Gasteiger partial charge in [0.1, 0.15) is 5.82 Å². The number of hydrogen-bond donors (Lipinski definition) is 0. The zero-order valence-corrected chi connectivity index (χ0v) is 11.6. The lowest BCUT2D eigenvalue weighted by Gasteiger charge is -2.23. The second kappa shape index (κ2) is 6.00. The van der Waals surface area contributed by atoms with E-state index in [1.165, 1.54) is 12.1 Å². The molecule has 1 aromatic carbocycles. The average Bonchev–Trinajstić information content (AvgIpc) is 2.72. The van der Waals surface area contributed by atoms with E-state index in [0.717, 1.165) is 24.0 Å². The van der Waals surface area contributed by atoms with Gasteiger partial charge in [-0.15, -0.1) is 13.2 Å². The Morgan fingerprint density at radius 1 is 1.15 bits per heavy atom. The van der Waals surface area contributed by atoms with E-state index >= 15 is 0 Å². The van der Waals surface area contributed by atoms with Crippen LogP contribution in [0.4, 0.5) is 4.39 Å². The quantitative estimate of drug-likeness (QED) is 0.559. The molecule has 20 heavy (non-hydrogen) atoms. The normalized spacial score (nSPS) is 19.2. The molecule has 0 amide bonds. The number of halogens is 1. The predicted molar refractivity (Wildman–Crippen MR) is 80.7 cm³/mol. The van der Waals surface area contributed by atoms with Crippen molar-refractivity contribution in [2.24, 2.45) is 5.41 Å². The standard InChI is InChI=1S/C18H19FO/c1-3-10-18(11-4-2)12-9-15(17(18)20)13-14-5-7-16(19)8-6-14/h3-8,13H,1-2,9-12H2. The van der Waals surface area contributed by atoms with Crippen molar-refractivity contribution in [3.8, 4) is 0 Å². The predicted octanol–water partition coefficient (Wildman–Crippen LogP) is 4.71. The molecule has 0 unspecified atom stereocenters. The maximum atomic E-state index is 12.9. The van der Waals surface area contributed by atoms with Crippen LogP contribution in [-0.4, -0.2) is 5.78 Å². The highest BCUT2D eigenvalue weighted by molar-refractivity contribution is 6.05. The maximum absolute atomic E-state index is 12.9. The minimum Gasteiger partial charge on any atom is -0.294 e. The molecule has 0 saturated heterocycles. The largest absolute Gasteiger partial charge is 0.294 e. The third-order valence-corrected chi connectivity index (χ3v) is 3.93. The third kappa shape index (κ3) is 2.79. The molecular formula is C18H19FO. The van der Waals surface area contributed by atoms with Gasteiger partial charge in [0.25, 0.3) is 0 Å². The molecule has 0 N–H and O–H groups in total. The Kier molecular flexibility index (Phi) is 4.33. The number of allylic oxidation sites excluding steroid dienone is 3. The summed E-state index contributed by atoms with van der Waals surface area (Å²) in [4.78, 5) is 12.6. The second-order valence-electron chi connectivity index (χ2n) is 5.32. The number of hydrogen-bond acceptors (Lipinski definition) is 1. The smallest absolute Gasteiger partial charge is 0.165 e. The van der Waals surface area contributed by atoms with Gasteiger partial charge in [0.05, 0.1) is 0 Å². The van der Waals surface area contributed by atoms with Crippen LogP contribution in [0.1, 0.15) is 31.2 Å². The van der Waals surface area contributed by atoms with E-state index < -0.39 is 0 Å². The molecule has 0 spiro atoms. The first-order valence-electron chi connectivity index (χ1n) is 6.84. The van der Waals surface area contributed by atoms with Crippen molar-refractivity contribution in [2.45, 2.75) is 25.7 Å². The van der Waals surface area contributed by atoms with Crippen LogP contribution in [0.3, 0.4) is 0 Å². The topological polar surface area (TPSA) is 17.1 Å². The molecule has 0 bridgehead atoms. The van der Waals surface area contributed by atoms with Gasteiger partial charge in [-0.2, -0.15) is 0 Å². The Hall–Kier alpha value is -1.96. The summed E-state index contributed by atoms with van der Waals surface area (Å²) in [7, 11) is 0. The van der Waals surface area contributed by atoms with Gasteiger partial charge in [-0.3, -0.25) is 4.79 Å². The van der Waals surface area contributed by atoms with Crippen molar-refractivity contribution in [1.82, 2.24) is 0 Å². The molecule has 2 heteroatoms. The van der Waals surface area contributed by atoms with E-state index in [4.69, 9.17) is 0 Å². The van der Waals surface area contributed by atoms with Crippen molar-refractivity contribution in [2.75, 3.05) is 0 Å². The third-order valence-electron chi connectivity index (χ3n) is 3.93. The summed E-state index contributed by atoms with van der Waals surface area (Å²) < 4.78 is 12.9. The van der Waals surface area contributed by atoms with Gasteiger partial charge in [0, 0.05) is 5.41 Å². The number of benzene rings is 1. The van der Waals surface area contributed by atoms with Gasteiger partial charge in [0.2, 0.25) is 0 Å². The van der Waals surface area contributed by atoms with Crippen LogP contribution in [-0.2, 0) is 4.79 Å². The van der Waals surface area contributed by atoms with E-state index in [-0.39, 0.29) is 17.0 Å². The molecule has 1 fully saturated rings. The van der Waals surface area contributed by atoms with Gasteiger partial charge >= 0.3 is 0 Å². The van der Waals surface area contributed by atoms with Crippen LogP contribution in [0.15, 0.2) is 55.1 Å². The highest BCUT2D eigenvalue weighted by Crippen LogP contribution is 2.44. The van der Waals surface area contributed by atoms with Gasteiger partial charge in [-0.1, -0.05) is 24.3 Å². The van der Waals surface area contributed by atoms with E-state index in [1.807, 2.05) is 18.2 Å². The zero-order chi connectivity index (χ0) is 14.6. The minimum absolute atomic E-state index is 0.182. The number of rotatable bonds is 5. The molecule has 0 radical (unpaired) electrons. The molecule has 1 saturated carbocycles. The zero-order valence-electron chi connectivity index (χ0n) is 11.6. The van der Waals surface area contributed by atoms with Crippen molar-refractivity contribution in [3.05, 3.63) is 66.5 Å². The first kappa shape index (κ1) is 14.4. The highest BCUT2D eigenvalue weighted by Gasteiger charge is 2.42. The molecule has 1 aliphatic rings. The highest BCUT2D eigenvalue weighted by atomic mass is 19.1. The van der Waals surface area contributed by atoms with E-state index in [1.54, 1.807) is 12.1 Å². The van der Waals surface area contributed by atoms with Gasteiger partial charge in [-0.05, 0) is 55.0 Å². The van der Waals surface area contributed by atoms with Crippen LogP contribution < -0.4 is 0 Å². The summed E-state index contributed by atoms with van der Waals surface area (Å²) in [5.74, 6) is -0.0841. The SMILES string of the molecule is C=CCC1(CC=C)CCC(=Cc2ccc(F)cc2)C1=O. The maximum Gasteiger partial charge on any atom is 0.165 e. The molecule has 1 nitrogen and oxygen atoms in total. The van der Waals surface area contributed by atoms with Crippen LogP contribution in [0.2, 0.25) is 0 Å². The van der Waals surface area contributed by atoms with E-state index in [2.05, 4.69) is 13.2 Å². The lowest BCUT2D eigenvalue weighted by Crippen LogP contribution is -2.24. The number of carbonyl (C=O) groups is 1. The molecule has 0 heterocycles. The summed E-state index contributed by atoms with van der Waals surface area (Å²) in [6, 6.07) is 6.20. The average molecular weight is 270 g/mol. The van der Waals surface area contributed by atoms with E-state index in [0.29, 0.717) is 12.8 Å². The lowest BCUT2D eigenvalue weighted by atomic mass is 9.78. The summed E-state index contributed by atoms with van der Waals surface area (Å²) in [6.45, 7) is 7.51. The molecule has 1 aliphatic carbocycles. The molecular weight excluding hydrogens is 251 g/mol. The summed E-state index contributed by atoms with van der Waals surface area (Å²) in [6.07, 6.45) is 8.44. The number of carbonyl (C=O) groups excluding carboxylic acids is 1.